The zero-order valence-corrected chi connectivity index (χ0v) is 11.8. The quantitative estimate of drug-likeness (QED) is 0.904. The van der Waals surface area contributed by atoms with E-state index >= 15 is 0 Å². The monoisotopic (exact) mass is 255 g/mol. The normalized spacial score (nSPS) is 12.2. The summed E-state index contributed by atoms with van der Waals surface area (Å²) in [5, 5.41) is 0. The Labute approximate surface area is 115 Å². The van der Waals surface area contributed by atoms with Gasteiger partial charge in [0.05, 0.1) is 6.04 Å². The van der Waals surface area contributed by atoms with E-state index in [2.05, 4.69) is 45.0 Å². The van der Waals surface area contributed by atoms with Crippen molar-refractivity contribution in [2.45, 2.75) is 26.8 Å². The number of nitrogens with two attached hydrogens (primary N) is 1. The molecule has 0 aliphatic heterocycles. The fourth-order valence-corrected chi connectivity index (χ4v) is 2.23. The Balaban J connectivity index is 2.04. The molecule has 0 aromatic heterocycles. The van der Waals surface area contributed by atoms with Gasteiger partial charge in [-0.05, 0) is 43.5 Å². The number of benzene rings is 2. The first-order chi connectivity index (χ1) is 9.08. The maximum atomic E-state index is 6.20. The van der Waals surface area contributed by atoms with Gasteiger partial charge in [0.1, 0.15) is 12.4 Å². The highest BCUT2D eigenvalue weighted by atomic mass is 16.5. The van der Waals surface area contributed by atoms with Gasteiger partial charge in [-0.1, -0.05) is 42.0 Å². The molecular weight excluding hydrogens is 234 g/mol. The molecule has 1 atom stereocenters. The predicted molar refractivity (Wildman–Crippen MR) is 79.5 cm³/mol. The van der Waals surface area contributed by atoms with Gasteiger partial charge in [-0.15, -0.1) is 0 Å². The molecule has 0 saturated heterocycles. The number of rotatable bonds is 4. The van der Waals surface area contributed by atoms with Gasteiger partial charge in [0, 0.05) is 0 Å². The zero-order valence-electron chi connectivity index (χ0n) is 11.8. The van der Waals surface area contributed by atoms with Crippen LogP contribution < -0.4 is 10.5 Å². The molecule has 2 aromatic rings. The molecule has 100 valence electrons. The van der Waals surface area contributed by atoms with Crippen LogP contribution in [0.3, 0.4) is 0 Å². The van der Waals surface area contributed by atoms with Gasteiger partial charge in [0.2, 0.25) is 0 Å². The van der Waals surface area contributed by atoms with Gasteiger partial charge < -0.3 is 10.5 Å². The van der Waals surface area contributed by atoms with Gasteiger partial charge in [0.25, 0.3) is 0 Å². The number of ether oxygens (including phenoxy) is 1. The van der Waals surface area contributed by atoms with Crippen LogP contribution in [0, 0.1) is 20.8 Å². The fraction of sp³-hybridized carbons (Fsp3) is 0.294. The van der Waals surface area contributed by atoms with E-state index in [1.807, 2.05) is 18.2 Å². The van der Waals surface area contributed by atoms with Crippen LogP contribution in [0.4, 0.5) is 0 Å². The largest absolute Gasteiger partial charge is 0.491 e. The van der Waals surface area contributed by atoms with Gasteiger partial charge in [-0.25, -0.2) is 0 Å². The Bertz CT molecular complexity index is 563. The van der Waals surface area contributed by atoms with Crippen molar-refractivity contribution in [1.82, 2.24) is 0 Å². The summed E-state index contributed by atoms with van der Waals surface area (Å²) < 4.78 is 5.84. The first-order valence-corrected chi connectivity index (χ1v) is 6.59. The molecule has 0 saturated carbocycles. The van der Waals surface area contributed by atoms with Crippen LogP contribution >= 0.6 is 0 Å². The van der Waals surface area contributed by atoms with Crippen molar-refractivity contribution >= 4 is 0 Å². The molecule has 0 aliphatic carbocycles. The van der Waals surface area contributed by atoms with Crippen LogP contribution in [0.2, 0.25) is 0 Å². The second-order valence-corrected chi connectivity index (χ2v) is 5.04. The van der Waals surface area contributed by atoms with E-state index in [9.17, 15) is 0 Å². The lowest BCUT2D eigenvalue weighted by molar-refractivity contribution is 0.288. The molecule has 0 spiro atoms. The Morgan fingerprint density at radius 1 is 1.00 bits per heavy atom. The maximum absolute atomic E-state index is 6.20. The standard InChI is InChI=1S/C17H21NO/c1-12-8-9-17(14(3)10-12)19-11-16(18)15-7-5-4-6-13(15)2/h4-10,16H,11,18H2,1-3H3. The van der Waals surface area contributed by atoms with Gasteiger partial charge in [-0.2, -0.15) is 0 Å². The average Bonchev–Trinajstić information content (AvgIpc) is 2.38. The lowest BCUT2D eigenvalue weighted by Gasteiger charge is -2.17. The Hall–Kier alpha value is -1.80. The van der Waals surface area contributed by atoms with Crippen molar-refractivity contribution in [2.75, 3.05) is 6.61 Å². The van der Waals surface area contributed by atoms with Gasteiger partial charge in [-0.3, -0.25) is 0 Å². The second-order valence-electron chi connectivity index (χ2n) is 5.04. The summed E-state index contributed by atoms with van der Waals surface area (Å²) in [6.07, 6.45) is 0. The maximum Gasteiger partial charge on any atom is 0.122 e. The van der Waals surface area contributed by atoms with E-state index in [0.717, 1.165) is 16.9 Å². The van der Waals surface area contributed by atoms with E-state index in [0.29, 0.717) is 6.61 Å². The topological polar surface area (TPSA) is 35.2 Å². The lowest BCUT2D eigenvalue weighted by atomic mass is 10.0. The third-order valence-electron chi connectivity index (χ3n) is 3.34. The Morgan fingerprint density at radius 3 is 2.42 bits per heavy atom. The minimum atomic E-state index is -0.0955. The summed E-state index contributed by atoms with van der Waals surface area (Å²) in [7, 11) is 0. The molecule has 2 nitrogen and oxygen atoms in total. The van der Waals surface area contributed by atoms with Crippen LogP contribution in [-0.4, -0.2) is 6.61 Å². The van der Waals surface area contributed by atoms with Crippen LogP contribution in [-0.2, 0) is 0 Å². The first kappa shape index (κ1) is 13.6. The van der Waals surface area contributed by atoms with Crippen LogP contribution in [0.1, 0.15) is 28.3 Å². The van der Waals surface area contributed by atoms with Crippen LogP contribution in [0.25, 0.3) is 0 Å². The number of hydrogen-bond acceptors (Lipinski definition) is 2. The van der Waals surface area contributed by atoms with Crippen molar-refractivity contribution in [1.29, 1.82) is 0 Å². The van der Waals surface area contributed by atoms with E-state index in [1.54, 1.807) is 0 Å². The molecule has 0 bridgehead atoms. The van der Waals surface area contributed by atoms with Gasteiger partial charge >= 0.3 is 0 Å². The molecule has 19 heavy (non-hydrogen) atoms. The Kier molecular flexibility index (Phi) is 4.23. The van der Waals surface area contributed by atoms with Crippen LogP contribution in [0.15, 0.2) is 42.5 Å². The minimum absolute atomic E-state index is 0.0955. The van der Waals surface area contributed by atoms with Crippen molar-refractivity contribution in [3.63, 3.8) is 0 Å². The highest BCUT2D eigenvalue weighted by molar-refractivity contribution is 5.36. The van der Waals surface area contributed by atoms with E-state index in [4.69, 9.17) is 10.5 Å². The smallest absolute Gasteiger partial charge is 0.122 e. The van der Waals surface area contributed by atoms with Crippen molar-refractivity contribution in [2.24, 2.45) is 5.73 Å². The summed E-state index contributed by atoms with van der Waals surface area (Å²) in [5.41, 5.74) is 10.9. The highest BCUT2D eigenvalue weighted by Crippen LogP contribution is 2.21. The molecule has 2 aromatic carbocycles. The third kappa shape index (κ3) is 3.36. The number of aryl methyl sites for hydroxylation is 3. The number of hydrogen-bond donors (Lipinski definition) is 1. The highest BCUT2D eigenvalue weighted by Gasteiger charge is 2.10. The lowest BCUT2D eigenvalue weighted by Crippen LogP contribution is -2.20. The molecule has 2 heteroatoms. The molecule has 0 radical (unpaired) electrons. The van der Waals surface area contributed by atoms with E-state index in [-0.39, 0.29) is 6.04 Å². The first-order valence-electron chi connectivity index (χ1n) is 6.59. The summed E-state index contributed by atoms with van der Waals surface area (Å²) in [4.78, 5) is 0. The second kappa shape index (κ2) is 5.89. The summed E-state index contributed by atoms with van der Waals surface area (Å²) in [6.45, 7) is 6.71. The van der Waals surface area contributed by atoms with E-state index in [1.165, 1.54) is 11.1 Å². The van der Waals surface area contributed by atoms with Crippen molar-refractivity contribution in [3.8, 4) is 5.75 Å². The molecule has 2 N–H and O–H groups in total. The SMILES string of the molecule is Cc1ccc(OCC(N)c2ccccc2C)c(C)c1. The molecule has 0 amide bonds. The van der Waals surface area contributed by atoms with Crippen LogP contribution in [0.5, 0.6) is 5.75 Å². The summed E-state index contributed by atoms with van der Waals surface area (Å²) >= 11 is 0. The molecular formula is C17H21NO. The van der Waals surface area contributed by atoms with Crippen molar-refractivity contribution in [3.05, 3.63) is 64.7 Å². The predicted octanol–water partition coefficient (Wildman–Crippen LogP) is 3.69. The molecule has 0 aliphatic rings. The van der Waals surface area contributed by atoms with E-state index < -0.39 is 0 Å². The summed E-state index contributed by atoms with van der Waals surface area (Å²) in [6, 6.07) is 14.3. The fourth-order valence-electron chi connectivity index (χ4n) is 2.23. The average molecular weight is 255 g/mol. The molecule has 0 heterocycles. The molecule has 1 unspecified atom stereocenters. The van der Waals surface area contributed by atoms with Gasteiger partial charge in [0.15, 0.2) is 0 Å². The van der Waals surface area contributed by atoms with Crippen molar-refractivity contribution < 1.29 is 4.74 Å². The molecule has 0 fully saturated rings. The molecule has 2 rings (SSSR count). The minimum Gasteiger partial charge on any atom is -0.491 e. The summed E-state index contributed by atoms with van der Waals surface area (Å²) in [5.74, 6) is 0.912. The third-order valence-corrected chi connectivity index (χ3v) is 3.34. The Morgan fingerprint density at radius 2 is 1.74 bits per heavy atom. The zero-order chi connectivity index (χ0) is 13.8.